The second-order valence-corrected chi connectivity index (χ2v) is 11.3. The molecule has 198 valence electrons. The van der Waals surface area contributed by atoms with E-state index in [1.54, 1.807) is 12.1 Å². The van der Waals surface area contributed by atoms with E-state index in [1.165, 1.54) is 12.1 Å². The van der Waals surface area contributed by atoms with Crippen LogP contribution in [-0.4, -0.2) is 17.6 Å². The maximum atomic E-state index is 13.8. The SMILES string of the molecule is CCOC(=O)[C@H]1[C@@H]2Cc3cc(OCc4ccc5c(c4)C(c4ccccc4C(F)(F)F)CC5(C)C)ncc3[C@@H]21. The third kappa shape index (κ3) is 4.16. The van der Waals surface area contributed by atoms with Crippen molar-refractivity contribution in [1.82, 2.24) is 4.98 Å². The fourth-order valence-electron chi connectivity index (χ4n) is 6.74. The predicted octanol–water partition coefficient (Wildman–Crippen LogP) is 6.94. The standard InChI is InChI=1S/C31H30F3NO3/c1-4-37-29(36)28-21-12-18-13-26(35-15-23(18)27(21)28)38-16-17-9-10-24-20(11-17)22(14-30(24,2)3)19-7-5-6-8-25(19)31(32,33)34/h5-11,13,15,21-22,27-28H,4,12,14,16H2,1-3H3/t21-,22?,27-,28+/m1/s1. The Morgan fingerprint density at radius 3 is 2.63 bits per heavy atom. The quantitative estimate of drug-likeness (QED) is 0.330. The molecule has 6 rings (SSSR count). The number of carbonyl (C=O) groups is 1. The molecule has 0 radical (unpaired) electrons. The molecule has 7 heteroatoms. The molecule has 3 aliphatic carbocycles. The number of benzene rings is 2. The van der Waals surface area contributed by atoms with Crippen LogP contribution in [0.15, 0.2) is 54.7 Å². The number of hydrogen-bond donors (Lipinski definition) is 0. The van der Waals surface area contributed by atoms with Crippen molar-refractivity contribution < 1.29 is 27.4 Å². The number of rotatable bonds is 6. The van der Waals surface area contributed by atoms with E-state index in [1.807, 2.05) is 37.4 Å². The van der Waals surface area contributed by atoms with Crippen LogP contribution in [0, 0.1) is 11.8 Å². The molecule has 0 amide bonds. The van der Waals surface area contributed by atoms with Gasteiger partial charge in [0.25, 0.3) is 0 Å². The van der Waals surface area contributed by atoms with Crippen molar-refractivity contribution >= 4 is 5.97 Å². The first-order chi connectivity index (χ1) is 18.1. The largest absolute Gasteiger partial charge is 0.473 e. The van der Waals surface area contributed by atoms with E-state index in [0.29, 0.717) is 24.5 Å². The highest BCUT2D eigenvalue weighted by Gasteiger charge is 2.60. The third-order valence-corrected chi connectivity index (χ3v) is 8.50. The Kier molecular flexibility index (Phi) is 5.82. The maximum Gasteiger partial charge on any atom is 0.416 e. The molecule has 38 heavy (non-hydrogen) atoms. The van der Waals surface area contributed by atoms with Gasteiger partial charge in [-0.3, -0.25) is 4.79 Å². The highest BCUT2D eigenvalue weighted by atomic mass is 19.4. The lowest BCUT2D eigenvalue weighted by atomic mass is 9.84. The highest BCUT2D eigenvalue weighted by Crippen LogP contribution is 2.62. The van der Waals surface area contributed by atoms with E-state index >= 15 is 0 Å². The molecule has 0 N–H and O–H groups in total. The number of esters is 1. The molecule has 2 aromatic carbocycles. The van der Waals surface area contributed by atoms with Crippen molar-refractivity contribution in [3.63, 3.8) is 0 Å². The van der Waals surface area contributed by atoms with Crippen LogP contribution in [0.5, 0.6) is 5.88 Å². The van der Waals surface area contributed by atoms with Crippen molar-refractivity contribution in [3.8, 4) is 5.88 Å². The minimum Gasteiger partial charge on any atom is -0.473 e. The van der Waals surface area contributed by atoms with Gasteiger partial charge in [-0.1, -0.05) is 50.2 Å². The number of ether oxygens (including phenoxy) is 2. The van der Waals surface area contributed by atoms with Crippen molar-refractivity contribution in [3.05, 3.63) is 93.7 Å². The van der Waals surface area contributed by atoms with E-state index < -0.39 is 11.7 Å². The van der Waals surface area contributed by atoms with Crippen LogP contribution >= 0.6 is 0 Å². The molecule has 1 heterocycles. The van der Waals surface area contributed by atoms with Gasteiger partial charge in [-0.2, -0.15) is 13.2 Å². The minimum absolute atomic E-state index is 0.0536. The molecule has 0 saturated heterocycles. The first-order valence-corrected chi connectivity index (χ1v) is 13.2. The van der Waals surface area contributed by atoms with E-state index in [0.717, 1.165) is 34.2 Å². The summed E-state index contributed by atoms with van der Waals surface area (Å²) in [6.07, 6.45) is -1.16. The number of halogens is 3. The number of carbonyl (C=O) groups excluding carboxylic acids is 1. The van der Waals surface area contributed by atoms with Gasteiger partial charge in [0.05, 0.1) is 18.1 Å². The monoisotopic (exact) mass is 521 g/mol. The molecule has 1 fully saturated rings. The van der Waals surface area contributed by atoms with Crippen molar-refractivity contribution in [2.75, 3.05) is 6.61 Å². The molecule has 0 spiro atoms. The second kappa shape index (κ2) is 8.85. The lowest BCUT2D eigenvalue weighted by Gasteiger charge is -2.21. The summed E-state index contributed by atoms with van der Waals surface area (Å²) in [5.74, 6) is 0.485. The molecule has 1 aromatic heterocycles. The molecule has 4 nitrogen and oxygen atoms in total. The zero-order valence-corrected chi connectivity index (χ0v) is 21.6. The molecule has 0 aliphatic heterocycles. The van der Waals surface area contributed by atoms with Gasteiger partial charge in [0.1, 0.15) is 6.61 Å². The number of fused-ring (bicyclic) bond motifs is 4. The Bertz CT molecular complexity index is 1410. The third-order valence-electron chi connectivity index (χ3n) is 8.50. The number of nitrogens with zero attached hydrogens (tertiary/aromatic N) is 1. The van der Waals surface area contributed by atoms with E-state index in [9.17, 15) is 18.0 Å². The van der Waals surface area contributed by atoms with Gasteiger partial charge in [-0.25, -0.2) is 4.98 Å². The topological polar surface area (TPSA) is 48.4 Å². The lowest BCUT2D eigenvalue weighted by Crippen LogP contribution is -2.14. The van der Waals surface area contributed by atoms with Crippen LogP contribution in [0.3, 0.4) is 0 Å². The van der Waals surface area contributed by atoms with E-state index in [-0.39, 0.29) is 41.7 Å². The summed E-state index contributed by atoms with van der Waals surface area (Å²) >= 11 is 0. The van der Waals surface area contributed by atoms with Crippen LogP contribution in [0.1, 0.15) is 78.0 Å². The summed E-state index contributed by atoms with van der Waals surface area (Å²) in [5, 5.41) is 0. The maximum absolute atomic E-state index is 13.8. The van der Waals surface area contributed by atoms with Crippen LogP contribution in [0.25, 0.3) is 0 Å². The average Bonchev–Trinajstić information content (AvgIpc) is 3.36. The molecule has 4 atom stereocenters. The molecule has 1 unspecified atom stereocenters. The molecule has 0 bridgehead atoms. The van der Waals surface area contributed by atoms with E-state index in [4.69, 9.17) is 9.47 Å². The normalized spacial score (nSPS) is 24.4. The molecule has 3 aliphatic rings. The number of alkyl halides is 3. The van der Waals surface area contributed by atoms with Gasteiger partial charge >= 0.3 is 12.1 Å². The van der Waals surface area contributed by atoms with Gasteiger partial charge in [0, 0.05) is 24.1 Å². The molecule has 3 aromatic rings. The Balaban J connectivity index is 1.21. The highest BCUT2D eigenvalue weighted by molar-refractivity contribution is 5.79. The number of aromatic nitrogens is 1. The summed E-state index contributed by atoms with van der Waals surface area (Å²) < 4.78 is 52.7. The number of pyridine rings is 1. The zero-order valence-electron chi connectivity index (χ0n) is 21.6. The Hall–Kier alpha value is -3.35. The Labute approximate surface area is 220 Å². The van der Waals surface area contributed by atoms with Crippen molar-refractivity contribution in [1.29, 1.82) is 0 Å². The van der Waals surface area contributed by atoms with Gasteiger partial charge in [-0.05, 0) is 70.5 Å². The fourth-order valence-corrected chi connectivity index (χ4v) is 6.74. The summed E-state index contributed by atoms with van der Waals surface area (Å²) in [6.45, 7) is 6.65. The minimum atomic E-state index is -4.40. The first-order valence-electron chi connectivity index (χ1n) is 13.2. The van der Waals surface area contributed by atoms with Gasteiger partial charge < -0.3 is 9.47 Å². The Morgan fingerprint density at radius 2 is 1.87 bits per heavy atom. The molecular formula is C31H30F3NO3. The summed E-state index contributed by atoms with van der Waals surface area (Å²) in [7, 11) is 0. The van der Waals surface area contributed by atoms with E-state index in [2.05, 4.69) is 18.8 Å². The molecular weight excluding hydrogens is 491 g/mol. The smallest absolute Gasteiger partial charge is 0.416 e. The second-order valence-electron chi connectivity index (χ2n) is 11.3. The fraction of sp³-hybridized carbons (Fsp3) is 0.419. The zero-order chi connectivity index (χ0) is 26.8. The average molecular weight is 522 g/mol. The van der Waals surface area contributed by atoms with Crippen LogP contribution < -0.4 is 4.74 Å². The van der Waals surface area contributed by atoms with Crippen LogP contribution in [-0.2, 0) is 34.2 Å². The van der Waals surface area contributed by atoms with Crippen LogP contribution in [0.2, 0.25) is 0 Å². The summed E-state index contributed by atoms with van der Waals surface area (Å²) in [5.41, 5.74) is 4.68. The van der Waals surface area contributed by atoms with Crippen molar-refractivity contribution in [2.24, 2.45) is 11.8 Å². The van der Waals surface area contributed by atoms with Gasteiger partial charge in [0.2, 0.25) is 5.88 Å². The van der Waals surface area contributed by atoms with Gasteiger partial charge in [0.15, 0.2) is 0 Å². The summed E-state index contributed by atoms with van der Waals surface area (Å²) in [6, 6.07) is 13.9. The molecule has 1 saturated carbocycles. The summed E-state index contributed by atoms with van der Waals surface area (Å²) in [4.78, 5) is 16.6. The first kappa shape index (κ1) is 25.0. The number of hydrogen-bond acceptors (Lipinski definition) is 4. The lowest BCUT2D eigenvalue weighted by molar-refractivity contribution is -0.145. The Morgan fingerprint density at radius 1 is 1.08 bits per heavy atom. The van der Waals surface area contributed by atoms with Crippen LogP contribution in [0.4, 0.5) is 13.2 Å². The van der Waals surface area contributed by atoms with Crippen molar-refractivity contribution in [2.45, 2.75) is 63.6 Å². The van der Waals surface area contributed by atoms with Gasteiger partial charge in [-0.15, -0.1) is 0 Å². The predicted molar refractivity (Wildman–Crippen MR) is 136 cm³/mol.